The molecule has 1 heteroatoms. The Morgan fingerprint density at radius 1 is 1.00 bits per heavy atom. The third-order valence-electron chi connectivity index (χ3n) is 6.17. The van der Waals surface area contributed by atoms with Gasteiger partial charge in [0.25, 0.3) is 0 Å². The van der Waals surface area contributed by atoms with Crippen LogP contribution in [0.15, 0.2) is 11.6 Å². The second-order valence-electron chi connectivity index (χ2n) is 8.07. The summed E-state index contributed by atoms with van der Waals surface area (Å²) in [5.41, 5.74) is 1.80. The van der Waals surface area contributed by atoms with Crippen LogP contribution in [0.1, 0.15) is 134 Å². The first-order valence-electron chi connectivity index (χ1n) is 12.7. The predicted molar refractivity (Wildman–Crippen MR) is 136 cm³/mol. The third-order valence-corrected chi connectivity index (χ3v) is 6.74. The van der Waals surface area contributed by atoms with Gasteiger partial charge in [0, 0.05) is 4.87 Å². The van der Waals surface area contributed by atoms with Crippen LogP contribution in [0.4, 0.5) is 0 Å². The Balaban J connectivity index is -0.000000341. The summed E-state index contributed by atoms with van der Waals surface area (Å²) in [6, 6.07) is 0. The van der Waals surface area contributed by atoms with Crippen molar-refractivity contribution in [1.29, 1.82) is 0 Å². The van der Waals surface area contributed by atoms with Gasteiger partial charge in [0.1, 0.15) is 0 Å². The molecule has 0 aromatic rings. The molecule has 28 heavy (non-hydrogen) atoms. The number of halogens is 1. The number of rotatable bonds is 5. The van der Waals surface area contributed by atoms with Crippen molar-refractivity contribution < 1.29 is 0 Å². The summed E-state index contributed by atoms with van der Waals surface area (Å²) in [6.07, 6.45) is 12.8. The second kappa shape index (κ2) is 20.3. The number of alkyl halides is 1. The standard InChI is InChI=1S/C11H18.C9H19Cl.C3H8.2C2H6/c1-3-10-8(2)7-9-5-4-6-11(9)10;1-5-8(6-2)9(4,10)7-3;1-3-2;2*1-2/h5,8,10-11H,3-4,6-7H2,1-2H3;8H,5-7H2,1-4H3;3H2,1-2H3;2*1-2H3. The van der Waals surface area contributed by atoms with Crippen molar-refractivity contribution in [2.75, 3.05) is 0 Å². The average Bonchev–Trinajstić information content (AvgIpc) is 3.27. The number of hydrogen-bond donors (Lipinski definition) is 0. The lowest BCUT2D eigenvalue weighted by Gasteiger charge is -2.29. The number of allylic oxidation sites excluding steroid dienone is 2. The molecular weight excluding hydrogens is 360 g/mol. The SMILES string of the molecule is CC.CC.CCC.CCC(CC)C(C)(Cl)CC.CCC1C(C)CC2=CCCC21. The maximum absolute atomic E-state index is 6.29. The molecule has 0 amide bonds. The molecule has 0 aliphatic heterocycles. The zero-order valence-corrected chi connectivity index (χ0v) is 22.7. The van der Waals surface area contributed by atoms with Crippen LogP contribution in [0, 0.1) is 23.7 Å². The lowest BCUT2D eigenvalue weighted by atomic mass is 9.87. The molecule has 0 heterocycles. The Labute approximate surface area is 186 Å². The zero-order chi connectivity index (χ0) is 22.8. The minimum absolute atomic E-state index is 0.0313. The highest BCUT2D eigenvalue weighted by molar-refractivity contribution is 6.23. The van der Waals surface area contributed by atoms with Crippen LogP contribution in [-0.2, 0) is 0 Å². The van der Waals surface area contributed by atoms with Crippen LogP contribution in [-0.4, -0.2) is 4.87 Å². The Morgan fingerprint density at radius 2 is 1.46 bits per heavy atom. The summed E-state index contributed by atoms with van der Waals surface area (Å²) in [4.78, 5) is 0.0313. The monoisotopic (exact) mass is 416 g/mol. The fraction of sp³-hybridized carbons (Fsp3) is 0.926. The maximum atomic E-state index is 6.29. The largest absolute Gasteiger partial charge is 0.119 e. The summed E-state index contributed by atoms with van der Waals surface area (Å²) in [7, 11) is 0. The van der Waals surface area contributed by atoms with E-state index in [4.69, 9.17) is 11.6 Å². The van der Waals surface area contributed by atoms with Gasteiger partial charge in [-0.25, -0.2) is 0 Å². The summed E-state index contributed by atoms with van der Waals surface area (Å²) in [5.74, 6) is 3.66. The van der Waals surface area contributed by atoms with E-state index in [9.17, 15) is 0 Å². The molecule has 0 spiro atoms. The maximum Gasteiger partial charge on any atom is 0.0444 e. The molecule has 172 valence electrons. The van der Waals surface area contributed by atoms with E-state index in [1.165, 1.54) is 44.9 Å². The molecule has 0 aromatic carbocycles. The van der Waals surface area contributed by atoms with Gasteiger partial charge in [-0.05, 0) is 56.3 Å². The quantitative estimate of drug-likeness (QED) is 0.308. The van der Waals surface area contributed by atoms with Gasteiger partial charge in [-0.15, -0.1) is 11.6 Å². The highest BCUT2D eigenvalue weighted by Gasteiger charge is 2.37. The number of hydrogen-bond acceptors (Lipinski definition) is 0. The molecule has 4 unspecified atom stereocenters. The zero-order valence-electron chi connectivity index (χ0n) is 21.9. The van der Waals surface area contributed by atoms with Gasteiger partial charge in [0.2, 0.25) is 0 Å². The van der Waals surface area contributed by atoms with Gasteiger partial charge < -0.3 is 0 Å². The van der Waals surface area contributed by atoms with E-state index >= 15 is 0 Å². The van der Waals surface area contributed by atoms with E-state index < -0.39 is 0 Å². The van der Waals surface area contributed by atoms with E-state index in [-0.39, 0.29) is 4.87 Å². The van der Waals surface area contributed by atoms with Crippen LogP contribution in [0.2, 0.25) is 0 Å². The van der Waals surface area contributed by atoms with Gasteiger partial charge >= 0.3 is 0 Å². The van der Waals surface area contributed by atoms with E-state index in [0.717, 1.165) is 24.2 Å². The lowest BCUT2D eigenvalue weighted by molar-refractivity contribution is 0.322. The van der Waals surface area contributed by atoms with Crippen molar-refractivity contribution in [3.63, 3.8) is 0 Å². The Hall–Kier alpha value is 0.0300. The molecule has 4 atom stereocenters. The highest BCUT2D eigenvalue weighted by Crippen LogP contribution is 2.48. The van der Waals surface area contributed by atoms with Gasteiger partial charge in [-0.2, -0.15) is 0 Å². The van der Waals surface area contributed by atoms with Crippen LogP contribution in [0.25, 0.3) is 0 Å². The summed E-state index contributed by atoms with van der Waals surface area (Å²) >= 11 is 6.29. The smallest absolute Gasteiger partial charge is 0.0444 e. The molecular formula is C27H57Cl. The molecule has 0 saturated heterocycles. The van der Waals surface area contributed by atoms with Gasteiger partial charge in [0.15, 0.2) is 0 Å². The fourth-order valence-electron chi connectivity index (χ4n) is 4.54. The summed E-state index contributed by atoms with van der Waals surface area (Å²) in [5, 5.41) is 0. The average molecular weight is 417 g/mol. The van der Waals surface area contributed by atoms with E-state index in [2.05, 4.69) is 61.5 Å². The minimum atomic E-state index is 0.0313. The summed E-state index contributed by atoms with van der Waals surface area (Å²) in [6.45, 7) is 25.8. The second-order valence-corrected chi connectivity index (χ2v) is 8.93. The lowest BCUT2D eigenvalue weighted by Crippen LogP contribution is -2.26. The van der Waals surface area contributed by atoms with Crippen LogP contribution in [0.3, 0.4) is 0 Å². The van der Waals surface area contributed by atoms with Crippen molar-refractivity contribution in [3.8, 4) is 0 Å². The topological polar surface area (TPSA) is 0 Å². The first-order chi connectivity index (χ1) is 13.3. The molecule has 0 radical (unpaired) electrons. The Bertz CT molecular complexity index is 338. The molecule has 0 N–H and O–H groups in total. The van der Waals surface area contributed by atoms with Gasteiger partial charge in [-0.3, -0.25) is 0 Å². The van der Waals surface area contributed by atoms with Crippen molar-refractivity contribution in [3.05, 3.63) is 11.6 Å². The van der Waals surface area contributed by atoms with Crippen molar-refractivity contribution in [2.45, 2.75) is 139 Å². The van der Waals surface area contributed by atoms with Crippen molar-refractivity contribution in [2.24, 2.45) is 23.7 Å². The molecule has 2 aliphatic carbocycles. The van der Waals surface area contributed by atoms with Crippen molar-refractivity contribution in [1.82, 2.24) is 0 Å². The van der Waals surface area contributed by atoms with Crippen LogP contribution in [0.5, 0.6) is 0 Å². The van der Waals surface area contributed by atoms with Crippen molar-refractivity contribution >= 4 is 11.6 Å². The molecule has 2 rings (SSSR count). The van der Waals surface area contributed by atoms with Crippen LogP contribution >= 0.6 is 11.6 Å². The number of fused-ring (bicyclic) bond motifs is 1. The first-order valence-corrected chi connectivity index (χ1v) is 13.1. The molecule has 0 bridgehead atoms. The third kappa shape index (κ3) is 11.9. The van der Waals surface area contributed by atoms with Gasteiger partial charge in [0.05, 0.1) is 0 Å². The normalized spacial score (nSPS) is 23.9. The molecule has 0 aromatic heterocycles. The fourth-order valence-corrected chi connectivity index (χ4v) is 4.85. The van der Waals surface area contributed by atoms with Gasteiger partial charge in [-0.1, -0.05) is 113 Å². The minimum Gasteiger partial charge on any atom is -0.119 e. The molecule has 0 nitrogen and oxygen atoms in total. The van der Waals surface area contributed by atoms with E-state index in [1.54, 1.807) is 5.57 Å². The molecule has 1 fully saturated rings. The Kier molecular flexibility index (Phi) is 23.7. The van der Waals surface area contributed by atoms with E-state index in [1.807, 2.05) is 27.7 Å². The van der Waals surface area contributed by atoms with Crippen LogP contribution < -0.4 is 0 Å². The predicted octanol–water partition coefficient (Wildman–Crippen LogP) is 10.7. The highest BCUT2D eigenvalue weighted by atomic mass is 35.5. The summed E-state index contributed by atoms with van der Waals surface area (Å²) < 4.78 is 0. The Morgan fingerprint density at radius 3 is 1.79 bits per heavy atom. The molecule has 2 aliphatic rings. The molecule has 1 saturated carbocycles. The first kappa shape index (κ1) is 32.7. The van der Waals surface area contributed by atoms with E-state index in [0.29, 0.717) is 5.92 Å².